The van der Waals surface area contributed by atoms with Gasteiger partial charge in [-0.05, 0) is 30.3 Å². The van der Waals surface area contributed by atoms with Crippen molar-refractivity contribution in [3.8, 4) is 11.5 Å². The number of ether oxygens (including phenoxy) is 7. The fourth-order valence-corrected chi connectivity index (χ4v) is 3.43. The molecule has 38 heavy (non-hydrogen) atoms. The molecule has 3 aromatic rings. The zero-order chi connectivity index (χ0) is 27.1. The summed E-state index contributed by atoms with van der Waals surface area (Å²) in [5.74, 6) is 1.48. The second-order valence-electron chi connectivity index (χ2n) is 7.77. The Morgan fingerprint density at radius 1 is 0.605 bits per heavy atom. The van der Waals surface area contributed by atoms with Gasteiger partial charge in [0.25, 0.3) is 0 Å². The van der Waals surface area contributed by atoms with E-state index < -0.39 is 10.4 Å². The highest BCUT2D eigenvalue weighted by Crippen LogP contribution is 2.34. The molecule has 0 aliphatic carbocycles. The molecule has 1 N–H and O–H groups in total. The van der Waals surface area contributed by atoms with Crippen molar-refractivity contribution in [2.24, 2.45) is 0 Å². The third kappa shape index (κ3) is 11.4. The van der Waals surface area contributed by atoms with Gasteiger partial charge in [-0.3, -0.25) is 4.55 Å². The molecule has 1 aliphatic rings. The zero-order valence-corrected chi connectivity index (χ0v) is 21.7. The Morgan fingerprint density at radius 2 is 0.921 bits per heavy atom. The predicted molar refractivity (Wildman–Crippen MR) is 136 cm³/mol. The third-order valence-electron chi connectivity index (χ3n) is 5.02. The van der Waals surface area contributed by atoms with E-state index in [4.69, 9.17) is 55.1 Å². The van der Waals surface area contributed by atoms with Crippen LogP contribution in [0.2, 0.25) is 0 Å². The number of benzene rings is 2. The largest absolute Gasteiger partial charge is 0.726 e. The average molecular weight is 557 g/mol. The summed E-state index contributed by atoms with van der Waals surface area (Å²) in [6, 6.07) is 13.6. The lowest BCUT2D eigenvalue weighted by molar-refractivity contribution is -0.0141. The van der Waals surface area contributed by atoms with Crippen molar-refractivity contribution in [1.82, 2.24) is 0 Å². The van der Waals surface area contributed by atoms with E-state index in [-0.39, 0.29) is 0 Å². The molecular formula is C25H32O12S. The number of hydrogen-bond acceptors (Lipinski definition) is 10. The lowest BCUT2D eigenvalue weighted by Crippen LogP contribution is -2.15. The molecule has 0 saturated carbocycles. The molecule has 2 bridgehead atoms. The molecule has 2 aromatic carbocycles. The van der Waals surface area contributed by atoms with E-state index in [9.17, 15) is 0 Å². The molecule has 0 unspecified atom stereocenters. The summed E-state index contributed by atoms with van der Waals surface area (Å²) in [4.78, 5) is 0. The summed E-state index contributed by atoms with van der Waals surface area (Å²) >= 11 is 0. The van der Waals surface area contributed by atoms with Crippen LogP contribution in [-0.4, -0.2) is 96.8 Å². The third-order valence-corrected chi connectivity index (χ3v) is 5.02. The maximum Gasteiger partial charge on any atom is 0.364 e. The second kappa shape index (κ2) is 16.4. The predicted octanol–water partition coefficient (Wildman–Crippen LogP) is 2.73. The van der Waals surface area contributed by atoms with Crippen LogP contribution in [0.15, 0.2) is 46.9 Å². The standard InChI is InChI=1S/C25H31O8.H2O4S/c1-3-22-20-19-21-23(4-2-6-25(21)33-24(20)5-1)32-18-16-30-14-12-28-10-8-26-7-9-27-11-13-29-15-17-31-22;1-5(2,3)4/h1-6,19H,7-18H2;(H2,1,2,3,4)/q+1;/p-1. The highest BCUT2D eigenvalue weighted by Gasteiger charge is 2.18. The normalized spacial score (nSPS) is 17.6. The monoisotopic (exact) mass is 556 g/mol. The van der Waals surface area contributed by atoms with Crippen LogP contribution >= 0.6 is 0 Å². The lowest BCUT2D eigenvalue weighted by Gasteiger charge is -2.10. The van der Waals surface area contributed by atoms with Gasteiger partial charge in [0, 0.05) is 12.1 Å². The van der Waals surface area contributed by atoms with Crippen molar-refractivity contribution in [1.29, 1.82) is 0 Å². The summed E-state index contributed by atoms with van der Waals surface area (Å²) < 4.78 is 78.6. The minimum absolute atomic E-state index is 0.426. The fraction of sp³-hybridized carbons (Fsp3) is 0.480. The molecule has 0 spiro atoms. The van der Waals surface area contributed by atoms with E-state index in [2.05, 4.69) is 0 Å². The Kier molecular flexibility index (Phi) is 12.9. The Balaban J connectivity index is 0.000000732. The van der Waals surface area contributed by atoms with E-state index in [0.717, 1.165) is 33.4 Å². The van der Waals surface area contributed by atoms with Gasteiger partial charge in [-0.15, -0.1) is 0 Å². The summed E-state index contributed by atoms with van der Waals surface area (Å²) in [6.07, 6.45) is 0. The van der Waals surface area contributed by atoms with E-state index in [1.54, 1.807) is 0 Å². The minimum Gasteiger partial charge on any atom is -0.726 e. The van der Waals surface area contributed by atoms with Crippen LogP contribution in [-0.2, 0) is 34.1 Å². The van der Waals surface area contributed by atoms with Gasteiger partial charge in [0.2, 0.25) is 10.4 Å². The topological polar surface area (TPSA) is 153 Å². The summed E-state index contributed by atoms with van der Waals surface area (Å²) in [6.45, 7) is 5.92. The van der Waals surface area contributed by atoms with E-state index >= 15 is 0 Å². The molecule has 0 radical (unpaired) electrons. The number of hydrogen-bond donors (Lipinski definition) is 1. The van der Waals surface area contributed by atoms with Crippen molar-refractivity contribution < 1.29 is 55.1 Å². The first-order valence-electron chi connectivity index (χ1n) is 12.0. The van der Waals surface area contributed by atoms with Gasteiger partial charge >= 0.3 is 11.2 Å². The first-order valence-corrected chi connectivity index (χ1v) is 13.4. The summed E-state index contributed by atoms with van der Waals surface area (Å²) in [7, 11) is -4.92. The molecule has 0 atom stereocenters. The van der Waals surface area contributed by atoms with Gasteiger partial charge in [0.15, 0.2) is 0 Å². The summed E-state index contributed by atoms with van der Waals surface area (Å²) in [5, 5.41) is 1.76. The number of rotatable bonds is 0. The van der Waals surface area contributed by atoms with Crippen LogP contribution in [0.3, 0.4) is 0 Å². The highest BCUT2D eigenvalue weighted by molar-refractivity contribution is 7.79. The molecule has 0 saturated heterocycles. The highest BCUT2D eigenvalue weighted by atomic mass is 32.3. The van der Waals surface area contributed by atoms with Crippen molar-refractivity contribution in [3.63, 3.8) is 0 Å². The van der Waals surface area contributed by atoms with Crippen LogP contribution in [0.4, 0.5) is 0 Å². The van der Waals surface area contributed by atoms with Crippen molar-refractivity contribution in [3.05, 3.63) is 42.5 Å². The molecule has 1 aliphatic heterocycles. The Morgan fingerprint density at radius 3 is 1.26 bits per heavy atom. The molecule has 13 heteroatoms. The molecule has 0 fully saturated rings. The Hall–Kier alpha value is -2.62. The van der Waals surface area contributed by atoms with Crippen molar-refractivity contribution >= 4 is 32.3 Å². The molecular weight excluding hydrogens is 524 g/mol. The smallest absolute Gasteiger partial charge is 0.364 e. The maximum atomic E-state index is 8.63. The summed E-state index contributed by atoms with van der Waals surface area (Å²) in [5.41, 5.74) is 1.50. The fourth-order valence-electron chi connectivity index (χ4n) is 3.43. The SMILES string of the molecule is O=S(=O)([O-])O.c1cc2c3cc4c(cccc4[o+]c3c1)OCCOCCOCCOCCOCCOCCO2. The molecule has 4 rings (SSSR count). The zero-order valence-electron chi connectivity index (χ0n) is 20.9. The molecule has 0 amide bonds. The van der Waals surface area contributed by atoms with E-state index in [1.807, 2.05) is 42.5 Å². The van der Waals surface area contributed by atoms with E-state index in [0.29, 0.717) is 79.3 Å². The molecule has 210 valence electrons. The van der Waals surface area contributed by atoms with Crippen molar-refractivity contribution in [2.75, 3.05) is 79.3 Å². The first kappa shape index (κ1) is 29.9. The Labute approximate surface area is 220 Å². The van der Waals surface area contributed by atoms with Gasteiger partial charge in [0.05, 0.1) is 66.1 Å². The van der Waals surface area contributed by atoms with Gasteiger partial charge in [0.1, 0.15) is 35.5 Å². The van der Waals surface area contributed by atoms with Gasteiger partial charge < -0.3 is 37.7 Å². The maximum absolute atomic E-state index is 8.63. The second-order valence-corrected chi connectivity index (χ2v) is 8.62. The lowest BCUT2D eigenvalue weighted by atomic mass is 10.1. The molecule has 1 aromatic heterocycles. The van der Waals surface area contributed by atoms with Gasteiger partial charge in [-0.1, -0.05) is 0 Å². The first-order chi connectivity index (χ1) is 18.4. The molecule has 2 heterocycles. The van der Waals surface area contributed by atoms with Crippen LogP contribution in [0, 0.1) is 0 Å². The van der Waals surface area contributed by atoms with Crippen molar-refractivity contribution in [2.45, 2.75) is 0 Å². The van der Waals surface area contributed by atoms with Crippen LogP contribution in [0.1, 0.15) is 0 Å². The molecule has 12 nitrogen and oxygen atoms in total. The quantitative estimate of drug-likeness (QED) is 0.187. The van der Waals surface area contributed by atoms with Gasteiger partial charge in [-0.2, -0.15) is 0 Å². The van der Waals surface area contributed by atoms with E-state index in [1.165, 1.54) is 0 Å². The van der Waals surface area contributed by atoms with Crippen LogP contribution in [0.25, 0.3) is 21.9 Å². The van der Waals surface area contributed by atoms with Crippen LogP contribution in [0.5, 0.6) is 11.5 Å². The Bertz CT molecular complexity index is 1130. The minimum atomic E-state index is -4.92. The average Bonchev–Trinajstić information content (AvgIpc) is 2.87. The van der Waals surface area contributed by atoms with Gasteiger partial charge in [-0.25, -0.2) is 12.8 Å². The van der Waals surface area contributed by atoms with Crippen LogP contribution < -0.4 is 9.47 Å².